The molecular weight excluding hydrogens is 378 g/mol. The number of anilines is 1. The Bertz CT molecular complexity index is 831. The van der Waals surface area contributed by atoms with Crippen molar-refractivity contribution in [3.05, 3.63) is 52.5 Å². The van der Waals surface area contributed by atoms with Crippen LogP contribution in [0.3, 0.4) is 0 Å². The fourth-order valence-electron chi connectivity index (χ4n) is 2.84. The van der Waals surface area contributed by atoms with Gasteiger partial charge < -0.3 is 14.8 Å². The lowest BCUT2D eigenvalue weighted by Crippen LogP contribution is -2.14. The SMILES string of the molecule is COc1cc(NC(=O)CCC(=O)c2ccc(CC(C)C)cc2)c(OC)cc1Cl. The molecule has 0 bridgehead atoms. The average Bonchev–Trinajstić information content (AvgIpc) is 2.67. The van der Waals surface area contributed by atoms with Crippen LogP contribution in [0.1, 0.15) is 42.6 Å². The molecule has 0 unspecified atom stereocenters. The molecule has 0 saturated carbocycles. The molecule has 0 aliphatic carbocycles. The summed E-state index contributed by atoms with van der Waals surface area (Å²) in [5.74, 6) is 1.06. The molecule has 0 fully saturated rings. The normalized spacial score (nSPS) is 10.6. The van der Waals surface area contributed by atoms with Gasteiger partial charge in [-0.3, -0.25) is 9.59 Å². The summed E-state index contributed by atoms with van der Waals surface area (Å²) in [7, 11) is 2.98. The van der Waals surface area contributed by atoms with Crippen molar-refractivity contribution in [2.24, 2.45) is 5.92 Å². The molecule has 150 valence electrons. The highest BCUT2D eigenvalue weighted by atomic mass is 35.5. The largest absolute Gasteiger partial charge is 0.495 e. The van der Waals surface area contributed by atoms with Crippen LogP contribution in [-0.2, 0) is 11.2 Å². The van der Waals surface area contributed by atoms with Gasteiger partial charge >= 0.3 is 0 Å². The summed E-state index contributed by atoms with van der Waals surface area (Å²) in [6.07, 6.45) is 1.17. The van der Waals surface area contributed by atoms with Gasteiger partial charge in [0.15, 0.2) is 5.78 Å². The Balaban J connectivity index is 1.96. The second-order valence-corrected chi connectivity index (χ2v) is 7.36. The lowest BCUT2D eigenvalue weighted by Gasteiger charge is -2.13. The first-order valence-corrected chi connectivity index (χ1v) is 9.55. The van der Waals surface area contributed by atoms with Gasteiger partial charge in [0.25, 0.3) is 0 Å². The van der Waals surface area contributed by atoms with E-state index in [0.29, 0.717) is 33.7 Å². The molecule has 0 heterocycles. The number of hydrogen-bond acceptors (Lipinski definition) is 4. The van der Waals surface area contributed by atoms with E-state index in [1.54, 1.807) is 12.1 Å². The summed E-state index contributed by atoms with van der Waals surface area (Å²) in [5.41, 5.74) is 2.26. The number of benzene rings is 2. The van der Waals surface area contributed by atoms with Gasteiger partial charge in [0.1, 0.15) is 11.5 Å². The predicted molar refractivity (Wildman–Crippen MR) is 112 cm³/mol. The van der Waals surface area contributed by atoms with Crippen LogP contribution in [-0.4, -0.2) is 25.9 Å². The topological polar surface area (TPSA) is 64.6 Å². The molecule has 1 N–H and O–H groups in total. The van der Waals surface area contributed by atoms with Gasteiger partial charge in [-0.1, -0.05) is 49.7 Å². The highest BCUT2D eigenvalue weighted by molar-refractivity contribution is 6.32. The van der Waals surface area contributed by atoms with Gasteiger partial charge in [-0.05, 0) is 17.9 Å². The van der Waals surface area contributed by atoms with Crippen LogP contribution in [0.25, 0.3) is 0 Å². The number of halogens is 1. The van der Waals surface area contributed by atoms with Crippen molar-refractivity contribution in [3.8, 4) is 11.5 Å². The summed E-state index contributed by atoms with van der Waals surface area (Å²) < 4.78 is 10.4. The number of Topliss-reactive ketones (excluding diaryl/α,β-unsaturated/α-hetero) is 1. The molecule has 2 aromatic rings. The summed E-state index contributed by atoms with van der Waals surface area (Å²) in [6, 6.07) is 10.8. The zero-order chi connectivity index (χ0) is 20.7. The fraction of sp³-hybridized carbons (Fsp3) is 0.364. The molecule has 0 aliphatic heterocycles. The predicted octanol–water partition coefficient (Wildman–Crippen LogP) is 5.16. The summed E-state index contributed by atoms with van der Waals surface area (Å²) in [6.45, 7) is 4.31. The third kappa shape index (κ3) is 5.99. The second kappa shape index (κ2) is 10.1. The van der Waals surface area contributed by atoms with E-state index in [0.717, 1.165) is 6.42 Å². The maximum Gasteiger partial charge on any atom is 0.224 e. The summed E-state index contributed by atoms with van der Waals surface area (Å²) in [4.78, 5) is 24.6. The molecular formula is C22H26ClNO4. The van der Waals surface area contributed by atoms with E-state index in [1.807, 2.05) is 24.3 Å². The van der Waals surface area contributed by atoms with E-state index in [9.17, 15) is 9.59 Å². The smallest absolute Gasteiger partial charge is 0.224 e. The van der Waals surface area contributed by atoms with Crippen molar-refractivity contribution in [1.29, 1.82) is 0 Å². The maximum absolute atomic E-state index is 12.4. The van der Waals surface area contributed by atoms with Gasteiger partial charge in [-0.25, -0.2) is 0 Å². The van der Waals surface area contributed by atoms with Crippen molar-refractivity contribution < 1.29 is 19.1 Å². The molecule has 5 nitrogen and oxygen atoms in total. The molecule has 2 aromatic carbocycles. The van der Waals surface area contributed by atoms with Crippen molar-refractivity contribution in [1.82, 2.24) is 0 Å². The third-order valence-corrected chi connectivity index (χ3v) is 4.54. The number of hydrogen-bond donors (Lipinski definition) is 1. The van der Waals surface area contributed by atoms with Crippen LogP contribution < -0.4 is 14.8 Å². The molecule has 0 aromatic heterocycles. The standard InChI is InChI=1S/C22H26ClNO4/c1-14(2)11-15-5-7-16(8-6-15)19(25)9-10-22(26)24-18-13-20(27-3)17(23)12-21(18)28-4/h5-8,12-14H,9-11H2,1-4H3,(H,24,26). The van der Waals surface area contributed by atoms with Crippen LogP contribution >= 0.6 is 11.6 Å². The monoisotopic (exact) mass is 403 g/mol. The molecule has 0 aliphatic rings. The van der Waals surface area contributed by atoms with E-state index in [2.05, 4.69) is 19.2 Å². The highest BCUT2D eigenvalue weighted by Crippen LogP contribution is 2.35. The van der Waals surface area contributed by atoms with E-state index in [1.165, 1.54) is 19.8 Å². The lowest BCUT2D eigenvalue weighted by molar-refractivity contribution is -0.116. The van der Waals surface area contributed by atoms with E-state index >= 15 is 0 Å². The van der Waals surface area contributed by atoms with Gasteiger partial charge in [0.05, 0.1) is 24.9 Å². The molecule has 6 heteroatoms. The quantitative estimate of drug-likeness (QED) is 0.587. The number of carbonyl (C=O) groups is 2. The number of amides is 1. The molecule has 0 radical (unpaired) electrons. The Hall–Kier alpha value is -2.53. The Morgan fingerprint density at radius 1 is 1.00 bits per heavy atom. The molecule has 0 saturated heterocycles. The van der Waals surface area contributed by atoms with Crippen molar-refractivity contribution in [3.63, 3.8) is 0 Å². The Morgan fingerprint density at radius 3 is 2.21 bits per heavy atom. The zero-order valence-electron chi connectivity index (χ0n) is 16.7. The Morgan fingerprint density at radius 2 is 1.64 bits per heavy atom. The number of ketones is 1. The molecule has 2 rings (SSSR count). The van der Waals surface area contributed by atoms with Gasteiger partial charge in [-0.15, -0.1) is 0 Å². The van der Waals surface area contributed by atoms with E-state index < -0.39 is 0 Å². The van der Waals surface area contributed by atoms with Gasteiger partial charge in [-0.2, -0.15) is 0 Å². The van der Waals surface area contributed by atoms with Crippen molar-refractivity contribution >= 4 is 29.0 Å². The van der Waals surface area contributed by atoms with E-state index in [4.69, 9.17) is 21.1 Å². The minimum Gasteiger partial charge on any atom is -0.495 e. The fourth-order valence-corrected chi connectivity index (χ4v) is 3.07. The zero-order valence-corrected chi connectivity index (χ0v) is 17.4. The van der Waals surface area contributed by atoms with E-state index in [-0.39, 0.29) is 24.5 Å². The summed E-state index contributed by atoms with van der Waals surface area (Å²) in [5, 5.41) is 3.13. The number of rotatable bonds is 9. The van der Waals surface area contributed by atoms with Crippen LogP contribution in [0.2, 0.25) is 5.02 Å². The second-order valence-electron chi connectivity index (χ2n) is 6.95. The molecule has 28 heavy (non-hydrogen) atoms. The van der Waals surface area contributed by atoms with Crippen LogP contribution in [0.4, 0.5) is 5.69 Å². The molecule has 0 spiro atoms. The maximum atomic E-state index is 12.4. The van der Waals surface area contributed by atoms with Crippen LogP contribution in [0, 0.1) is 5.92 Å². The average molecular weight is 404 g/mol. The number of nitrogens with one attached hydrogen (secondary N) is 1. The third-order valence-electron chi connectivity index (χ3n) is 4.25. The van der Waals surface area contributed by atoms with Gasteiger partial charge in [0.2, 0.25) is 5.91 Å². The number of ether oxygens (including phenoxy) is 2. The Kier molecular flexibility index (Phi) is 7.88. The van der Waals surface area contributed by atoms with Crippen molar-refractivity contribution in [2.45, 2.75) is 33.1 Å². The summed E-state index contributed by atoms with van der Waals surface area (Å²) >= 11 is 6.06. The number of carbonyl (C=O) groups excluding carboxylic acids is 2. The van der Waals surface area contributed by atoms with Crippen LogP contribution in [0.5, 0.6) is 11.5 Å². The van der Waals surface area contributed by atoms with Crippen molar-refractivity contribution in [2.75, 3.05) is 19.5 Å². The minimum atomic E-state index is -0.285. The highest BCUT2D eigenvalue weighted by Gasteiger charge is 2.14. The lowest BCUT2D eigenvalue weighted by atomic mass is 9.99. The first-order valence-electron chi connectivity index (χ1n) is 9.17. The minimum absolute atomic E-state index is 0.0631. The molecule has 1 amide bonds. The number of methoxy groups -OCH3 is 2. The Labute approximate surface area is 171 Å². The first kappa shape index (κ1) is 21.8. The molecule has 0 atom stereocenters. The van der Waals surface area contributed by atoms with Crippen LogP contribution in [0.15, 0.2) is 36.4 Å². The van der Waals surface area contributed by atoms with Gasteiger partial charge in [0, 0.05) is 30.5 Å². The first-order chi connectivity index (χ1) is 13.3.